The molecule has 1 aromatic carbocycles. The summed E-state index contributed by atoms with van der Waals surface area (Å²) in [7, 11) is 0. The number of benzene rings is 1. The fraction of sp³-hybridized carbons (Fsp3) is 0.421. The summed E-state index contributed by atoms with van der Waals surface area (Å²) in [5, 5.41) is 14.0. The third-order valence-corrected chi connectivity index (χ3v) is 6.26. The molecule has 28 heavy (non-hydrogen) atoms. The molecule has 2 atom stereocenters. The third-order valence-electron chi connectivity index (χ3n) is 5.93. The number of carbonyl (C=O) groups is 2. The average molecular weight is 400 g/mol. The van der Waals surface area contributed by atoms with Crippen molar-refractivity contribution >= 4 is 40.5 Å². The molecule has 3 aliphatic rings. The van der Waals surface area contributed by atoms with Gasteiger partial charge in [0.15, 0.2) is 10.5 Å². The Morgan fingerprint density at radius 2 is 2.18 bits per heavy atom. The number of nitrogens with zero attached hydrogens (tertiary/aromatic N) is 3. The van der Waals surface area contributed by atoms with Gasteiger partial charge in [-0.05, 0) is 43.1 Å². The highest BCUT2D eigenvalue weighted by Crippen LogP contribution is 2.48. The second kappa shape index (κ2) is 6.66. The van der Waals surface area contributed by atoms with E-state index in [1.165, 1.54) is 17.0 Å². The summed E-state index contributed by atoms with van der Waals surface area (Å²) in [6.45, 7) is 4.57. The molecule has 0 aromatic heterocycles. The number of nitrogens with one attached hydrogen (secondary N) is 1. The van der Waals surface area contributed by atoms with Gasteiger partial charge in [-0.3, -0.25) is 24.6 Å². The Labute approximate surface area is 167 Å². The lowest BCUT2D eigenvalue weighted by Gasteiger charge is -2.54. The Kier molecular flexibility index (Phi) is 4.41. The van der Waals surface area contributed by atoms with Gasteiger partial charge in [0.2, 0.25) is 11.8 Å². The van der Waals surface area contributed by atoms with E-state index in [0.717, 1.165) is 18.5 Å². The predicted octanol–water partition coefficient (Wildman–Crippen LogP) is 1.93. The van der Waals surface area contributed by atoms with Crippen molar-refractivity contribution in [3.05, 3.63) is 46.5 Å². The molecule has 0 aliphatic carbocycles. The predicted molar refractivity (Wildman–Crippen MR) is 107 cm³/mol. The molecule has 8 nitrogen and oxygen atoms in total. The van der Waals surface area contributed by atoms with Crippen LogP contribution in [0.5, 0.6) is 0 Å². The Morgan fingerprint density at radius 1 is 1.39 bits per heavy atom. The second-order valence-electron chi connectivity index (χ2n) is 7.39. The van der Waals surface area contributed by atoms with E-state index in [-0.39, 0.29) is 35.7 Å². The second-order valence-corrected chi connectivity index (χ2v) is 7.77. The number of nitro benzene ring substituents is 1. The Balaban J connectivity index is 1.88. The highest BCUT2D eigenvalue weighted by molar-refractivity contribution is 7.80. The normalized spacial score (nSPS) is 26.6. The van der Waals surface area contributed by atoms with Crippen LogP contribution in [-0.2, 0) is 16.0 Å². The van der Waals surface area contributed by atoms with Crippen LogP contribution in [0.15, 0.2) is 30.9 Å². The van der Waals surface area contributed by atoms with Crippen molar-refractivity contribution in [2.45, 2.75) is 31.7 Å². The minimum absolute atomic E-state index is 0.0495. The van der Waals surface area contributed by atoms with Gasteiger partial charge in [-0.15, -0.1) is 6.58 Å². The van der Waals surface area contributed by atoms with Crippen molar-refractivity contribution in [1.82, 2.24) is 10.2 Å². The number of carbonyl (C=O) groups excluding carboxylic acids is 2. The molecule has 146 valence electrons. The van der Waals surface area contributed by atoms with Crippen molar-refractivity contribution < 1.29 is 14.5 Å². The highest BCUT2D eigenvalue weighted by atomic mass is 32.1. The molecular weight excluding hydrogens is 380 g/mol. The summed E-state index contributed by atoms with van der Waals surface area (Å²) in [4.78, 5) is 41.0. The van der Waals surface area contributed by atoms with E-state index in [0.29, 0.717) is 18.5 Å². The van der Waals surface area contributed by atoms with Gasteiger partial charge in [-0.1, -0.05) is 6.08 Å². The van der Waals surface area contributed by atoms with Crippen LogP contribution in [0, 0.1) is 15.5 Å². The number of rotatable bonds is 3. The zero-order valence-electron chi connectivity index (χ0n) is 15.2. The maximum absolute atomic E-state index is 13.6. The number of anilines is 1. The first-order valence-electron chi connectivity index (χ1n) is 9.22. The minimum atomic E-state index is -1.35. The SMILES string of the molecule is C=CCN1C(=O)[C@@]2(Cc3cc([N+](=O)[O-])ccc3N3CCCC[C@H]32)C(=O)NC1=S. The molecule has 4 rings (SSSR count). The van der Waals surface area contributed by atoms with Gasteiger partial charge in [-0.2, -0.15) is 0 Å². The first-order chi connectivity index (χ1) is 13.4. The van der Waals surface area contributed by atoms with Gasteiger partial charge in [0, 0.05) is 37.3 Å². The van der Waals surface area contributed by atoms with Gasteiger partial charge < -0.3 is 10.2 Å². The van der Waals surface area contributed by atoms with Crippen molar-refractivity contribution in [3.63, 3.8) is 0 Å². The Bertz CT molecular complexity index is 917. The molecule has 1 N–H and O–H groups in total. The Morgan fingerprint density at radius 3 is 2.89 bits per heavy atom. The summed E-state index contributed by atoms with van der Waals surface area (Å²) in [5.74, 6) is -0.771. The Hall–Kier alpha value is -2.81. The molecule has 3 aliphatic heterocycles. The topological polar surface area (TPSA) is 95.8 Å². The summed E-state index contributed by atoms with van der Waals surface area (Å²) >= 11 is 5.20. The fourth-order valence-corrected chi connectivity index (χ4v) is 4.96. The van der Waals surface area contributed by atoms with E-state index >= 15 is 0 Å². The fourth-order valence-electron chi connectivity index (χ4n) is 4.71. The number of piperidine rings is 1. The largest absolute Gasteiger partial charge is 0.367 e. The molecule has 9 heteroatoms. The average Bonchev–Trinajstić information content (AvgIpc) is 2.69. The summed E-state index contributed by atoms with van der Waals surface area (Å²) in [5.41, 5.74) is 0.104. The zero-order chi connectivity index (χ0) is 20.1. The first kappa shape index (κ1) is 18.5. The number of hydrogen-bond acceptors (Lipinski definition) is 6. The van der Waals surface area contributed by atoms with E-state index in [4.69, 9.17) is 12.2 Å². The van der Waals surface area contributed by atoms with E-state index < -0.39 is 16.2 Å². The maximum atomic E-state index is 13.6. The van der Waals surface area contributed by atoms with Crippen LogP contribution in [0.4, 0.5) is 11.4 Å². The van der Waals surface area contributed by atoms with Gasteiger partial charge in [0.1, 0.15) is 0 Å². The van der Waals surface area contributed by atoms with Gasteiger partial charge in [0.05, 0.1) is 11.0 Å². The monoisotopic (exact) mass is 400 g/mol. The molecule has 0 bridgehead atoms. The van der Waals surface area contributed by atoms with E-state index in [1.54, 1.807) is 12.1 Å². The maximum Gasteiger partial charge on any atom is 0.269 e. The smallest absolute Gasteiger partial charge is 0.269 e. The molecule has 0 saturated carbocycles. The van der Waals surface area contributed by atoms with Gasteiger partial charge >= 0.3 is 0 Å². The lowest BCUT2D eigenvalue weighted by molar-refractivity contribution is -0.384. The summed E-state index contributed by atoms with van der Waals surface area (Å²) in [6, 6.07) is 4.38. The number of fused-ring (bicyclic) bond motifs is 4. The number of hydrogen-bond donors (Lipinski definition) is 1. The molecule has 1 aromatic rings. The van der Waals surface area contributed by atoms with E-state index in [9.17, 15) is 19.7 Å². The van der Waals surface area contributed by atoms with Crippen molar-refractivity contribution in [1.29, 1.82) is 0 Å². The molecule has 0 radical (unpaired) electrons. The molecule has 1 spiro atoms. The number of thiocarbonyl (C=S) groups is 1. The van der Waals surface area contributed by atoms with Crippen molar-refractivity contribution in [3.8, 4) is 0 Å². The van der Waals surface area contributed by atoms with Gasteiger partial charge in [-0.25, -0.2) is 0 Å². The molecule has 3 heterocycles. The lowest BCUT2D eigenvalue weighted by atomic mass is 9.66. The van der Waals surface area contributed by atoms with E-state index in [2.05, 4.69) is 16.8 Å². The summed E-state index contributed by atoms with van der Waals surface area (Å²) in [6.07, 6.45) is 4.23. The van der Waals surface area contributed by atoms with E-state index in [1.807, 2.05) is 0 Å². The minimum Gasteiger partial charge on any atom is -0.367 e. The van der Waals surface area contributed by atoms with Crippen LogP contribution in [0.3, 0.4) is 0 Å². The molecule has 0 unspecified atom stereocenters. The highest BCUT2D eigenvalue weighted by Gasteiger charge is 2.61. The number of amides is 2. The van der Waals surface area contributed by atoms with Crippen LogP contribution >= 0.6 is 12.2 Å². The lowest BCUT2D eigenvalue weighted by Crippen LogP contribution is -2.72. The summed E-state index contributed by atoms with van der Waals surface area (Å²) < 4.78 is 0. The van der Waals surface area contributed by atoms with Crippen LogP contribution in [0.25, 0.3) is 0 Å². The zero-order valence-corrected chi connectivity index (χ0v) is 16.0. The molecule has 2 saturated heterocycles. The quantitative estimate of drug-likeness (QED) is 0.274. The van der Waals surface area contributed by atoms with Crippen LogP contribution in [0.1, 0.15) is 24.8 Å². The molecule has 2 fully saturated rings. The van der Waals surface area contributed by atoms with Crippen LogP contribution in [-0.4, -0.2) is 45.9 Å². The number of non-ortho nitro benzene ring substituents is 1. The van der Waals surface area contributed by atoms with Crippen LogP contribution in [0.2, 0.25) is 0 Å². The third kappa shape index (κ3) is 2.53. The van der Waals surface area contributed by atoms with Gasteiger partial charge in [0.25, 0.3) is 5.69 Å². The van der Waals surface area contributed by atoms with Crippen molar-refractivity contribution in [2.24, 2.45) is 5.41 Å². The molecule has 2 amide bonds. The number of nitro groups is 1. The first-order valence-corrected chi connectivity index (χ1v) is 9.63. The van der Waals surface area contributed by atoms with Crippen LogP contribution < -0.4 is 10.2 Å². The standard InChI is InChI=1S/C19H20N4O4S/c1-2-8-22-17(25)19(16(24)20-18(22)28)11-12-10-13(23(26)27)6-7-14(12)21-9-4-3-5-15(19)21/h2,6-7,10,15H,1,3-5,8-9,11H2,(H,20,24,28)/t15-,19+/m0/s1. The van der Waals surface area contributed by atoms with Crippen molar-refractivity contribution in [2.75, 3.05) is 18.0 Å². The molecular formula is C19H20N4O4S.